The SMILES string of the molecule is [O]c1ccoc1O. The second kappa shape index (κ2) is 1.18. The number of hydrogen-bond acceptors (Lipinski definition) is 2. The normalized spacial score (nSPS) is 9.14. The predicted octanol–water partition coefficient (Wildman–Crippen LogP) is 1.13. The minimum Gasteiger partial charge on any atom is -0.478 e. The molecule has 3 nitrogen and oxygen atoms in total. The van der Waals surface area contributed by atoms with E-state index in [0.717, 1.165) is 12.3 Å². The zero-order chi connectivity index (χ0) is 5.28. The van der Waals surface area contributed by atoms with Gasteiger partial charge in [0.15, 0.2) is 0 Å². The molecule has 0 saturated carbocycles. The minimum absolute atomic E-state index is 0.472. The Balaban J connectivity index is 3.12. The van der Waals surface area contributed by atoms with Crippen molar-refractivity contribution in [2.75, 3.05) is 0 Å². The maximum atomic E-state index is 10.1. The quantitative estimate of drug-likeness (QED) is 0.530. The number of furan rings is 1. The van der Waals surface area contributed by atoms with Crippen molar-refractivity contribution in [3.8, 4) is 11.7 Å². The molecule has 1 heterocycles. The van der Waals surface area contributed by atoms with E-state index >= 15 is 0 Å². The molecule has 1 aromatic rings. The molecule has 0 unspecified atom stereocenters. The second-order valence-electron chi connectivity index (χ2n) is 1.09. The van der Waals surface area contributed by atoms with Crippen molar-refractivity contribution in [3.63, 3.8) is 0 Å². The molecule has 0 bridgehead atoms. The van der Waals surface area contributed by atoms with Crippen molar-refractivity contribution in [1.29, 1.82) is 0 Å². The molecule has 0 aliphatic rings. The number of hydrogen-bond donors (Lipinski definition) is 1. The van der Waals surface area contributed by atoms with Gasteiger partial charge in [0.05, 0.1) is 6.26 Å². The summed E-state index contributed by atoms with van der Waals surface area (Å²) in [6.45, 7) is 0. The van der Waals surface area contributed by atoms with Crippen LogP contribution in [-0.4, -0.2) is 5.11 Å². The first-order valence-electron chi connectivity index (χ1n) is 1.74. The molecule has 0 aliphatic heterocycles. The smallest absolute Gasteiger partial charge is 0.331 e. The Hall–Kier alpha value is -1.12. The van der Waals surface area contributed by atoms with E-state index in [1.807, 2.05) is 0 Å². The lowest BCUT2D eigenvalue weighted by atomic mass is 10.6. The van der Waals surface area contributed by atoms with Crippen molar-refractivity contribution in [1.82, 2.24) is 0 Å². The van der Waals surface area contributed by atoms with Crippen molar-refractivity contribution in [2.45, 2.75) is 0 Å². The lowest BCUT2D eigenvalue weighted by molar-refractivity contribution is 0.276. The lowest BCUT2D eigenvalue weighted by Gasteiger charge is -1.73. The Kier molecular flexibility index (Phi) is 0.685. The van der Waals surface area contributed by atoms with Gasteiger partial charge in [-0.05, 0) is 0 Å². The van der Waals surface area contributed by atoms with E-state index in [0.29, 0.717) is 0 Å². The molecule has 0 saturated heterocycles. The highest BCUT2D eigenvalue weighted by Crippen LogP contribution is 2.24. The highest BCUT2D eigenvalue weighted by Gasteiger charge is 1.99. The van der Waals surface area contributed by atoms with Crippen LogP contribution >= 0.6 is 0 Å². The third kappa shape index (κ3) is 0.513. The van der Waals surface area contributed by atoms with Gasteiger partial charge in [-0.25, -0.2) is 0 Å². The fourth-order valence-electron chi connectivity index (χ4n) is 0.290. The van der Waals surface area contributed by atoms with Crippen LogP contribution in [0.25, 0.3) is 0 Å². The van der Waals surface area contributed by atoms with Gasteiger partial charge >= 0.3 is 5.95 Å². The highest BCUT2D eigenvalue weighted by atomic mass is 16.5. The van der Waals surface area contributed by atoms with Crippen LogP contribution in [0.15, 0.2) is 16.7 Å². The van der Waals surface area contributed by atoms with Gasteiger partial charge in [-0.15, -0.1) is 0 Å². The minimum atomic E-state index is -0.542. The topological polar surface area (TPSA) is 53.3 Å². The van der Waals surface area contributed by atoms with Crippen LogP contribution in [0.5, 0.6) is 11.7 Å². The Bertz CT molecular complexity index is 139. The molecule has 0 fully saturated rings. The van der Waals surface area contributed by atoms with Gasteiger partial charge in [0.1, 0.15) is 0 Å². The summed E-state index contributed by atoms with van der Waals surface area (Å²) in [7, 11) is 0. The third-order valence-electron chi connectivity index (χ3n) is 0.610. The van der Waals surface area contributed by atoms with E-state index in [1.54, 1.807) is 0 Å². The molecular weight excluding hydrogens is 96.0 g/mol. The molecule has 0 aromatic carbocycles. The number of aromatic hydroxyl groups is 1. The summed E-state index contributed by atoms with van der Waals surface area (Å²) in [6, 6.07) is 1.15. The summed E-state index contributed by atoms with van der Waals surface area (Å²) in [5.74, 6) is -1.01. The fourth-order valence-corrected chi connectivity index (χ4v) is 0.290. The van der Waals surface area contributed by atoms with Crippen LogP contribution in [0.4, 0.5) is 0 Å². The van der Waals surface area contributed by atoms with Gasteiger partial charge in [-0.3, -0.25) is 5.11 Å². The van der Waals surface area contributed by atoms with E-state index < -0.39 is 11.7 Å². The van der Waals surface area contributed by atoms with Gasteiger partial charge in [0.25, 0.3) is 5.75 Å². The van der Waals surface area contributed by atoms with Crippen LogP contribution in [0, 0.1) is 0 Å². The molecule has 37 valence electrons. The van der Waals surface area contributed by atoms with Gasteiger partial charge < -0.3 is 9.52 Å². The Morgan fingerprint density at radius 1 is 1.71 bits per heavy atom. The van der Waals surface area contributed by atoms with Gasteiger partial charge in [0, 0.05) is 6.07 Å². The van der Waals surface area contributed by atoms with Crippen LogP contribution < -0.4 is 0 Å². The molecule has 7 heavy (non-hydrogen) atoms. The van der Waals surface area contributed by atoms with Gasteiger partial charge in [-0.1, -0.05) is 0 Å². The highest BCUT2D eigenvalue weighted by molar-refractivity contribution is 5.25. The zero-order valence-corrected chi connectivity index (χ0v) is 3.42. The van der Waals surface area contributed by atoms with E-state index in [9.17, 15) is 5.11 Å². The van der Waals surface area contributed by atoms with E-state index in [-0.39, 0.29) is 0 Å². The Labute approximate surface area is 39.8 Å². The van der Waals surface area contributed by atoms with Crippen molar-refractivity contribution >= 4 is 0 Å². The molecule has 1 rings (SSSR count). The van der Waals surface area contributed by atoms with E-state index in [1.165, 1.54) is 0 Å². The standard InChI is InChI=1S/C4H3O3/c5-3-1-2-7-4(3)6/h1-2,6H. The average Bonchev–Trinajstić information content (AvgIpc) is 1.91. The predicted molar refractivity (Wildman–Crippen MR) is 20.5 cm³/mol. The number of rotatable bonds is 0. The summed E-state index contributed by atoms with van der Waals surface area (Å²) >= 11 is 0. The molecule has 0 atom stereocenters. The monoisotopic (exact) mass is 99.0 g/mol. The Morgan fingerprint density at radius 2 is 2.43 bits per heavy atom. The second-order valence-corrected chi connectivity index (χ2v) is 1.09. The maximum absolute atomic E-state index is 10.1. The van der Waals surface area contributed by atoms with Crippen molar-refractivity contribution in [2.24, 2.45) is 0 Å². The van der Waals surface area contributed by atoms with Crippen LogP contribution in [0.3, 0.4) is 0 Å². The van der Waals surface area contributed by atoms with E-state index in [2.05, 4.69) is 4.42 Å². The first-order valence-corrected chi connectivity index (χ1v) is 1.74. The molecular formula is C4H3O3. The maximum Gasteiger partial charge on any atom is 0.331 e. The summed E-state index contributed by atoms with van der Waals surface area (Å²) < 4.78 is 4.21. The zero-order valence-electron chi connectivity index (χ0n) is 3.42. The third-order valence-corrected chi connectivity index (χ3v) is 0.610. The van der Waals surface area contributed by atoms with Crippen molar-refractivity contribution < 1.29 is 14.6 Å². The molecule has 1 N–H and O–H groups in total. The lowest BCUT2D eigenvalue weighted by Crippen LogP contribution is -1.47. The van der Waals surface area contributed by atoms with Crippen LogP contribution in [-0.2, 0) is 5.11 Å². The summed E-state index contributed by atoms with van der Waals surface area (Å²) in [4.78, 5) is 0. The van der Waals surface area contributed by atoms with Crippen molar-refractivity contribution in [3.05, 3.63) is 12.3 Å². The molecule has 0 aliphatic carbocycles. The molecule has 1 aromatic heterocycles. The van der Waals surface area contributed by atoms with Gasteiger partial charge in [0.2, 0.25) is 0 Å². The summed E-state index contributed by atoms with van der Waals surface area (Å²) in [5.41, 5.74) is 0. The molecule has 1 radical (unpaired) electrons. The largest absolute Gasteiger partial charge is 0.478 e. The first kappa shape index (κ1) is 4.05. The summed E-state index contributed by atoms with van der Waals surface area (Å²) in [6.07, 6.45) is 1.14. The van der Waals surface area contributed by atoms with Crippen LogP contribution in [0.1, 0.15) is 0 Å². The van der Waals surface area contributed by atoms with Gasteiger partial charge in [-0.2, -0.15) is 0 Å². The Morgan fingerprint density at radius 3 is 2.57 bits per heavy atom. The van der Waals surface area contributed by atoms with Crippen LogP contribution in [0.2, 0.25) is 0 Å². The van der Waals surface area contributed by atoms with E-state index in [4.69, 9.17) is 5.11 Å². The first-order chi connectivity index (χ1) is 3.30. The molecule has 3 heteroatoms. The molecule has 0 amide bonds. The molecule has 0 spiro atoms. The fraction of sp³-hybridized carbons (Fsp3) is 0. The average molecular weight is 99.1 g/mol. The summed E-state index contributed by atoms with van der Waals surface area (Å²) in [5, 5.41) is 18.4.